The van der Waals surface area contributed by atoms with Crippen molar-refractivity contribution < 1.29 is 14.4 Å². The van der Waals surface area contributed by atoms with E-state index in [4.69, 9.17) is 0 Å². The van der Waals surface area contributed by atoms with Gasteiger partial charge in [-0.3, -0.25) is 19.8 Å². The number of carbonyl (C=O) groups excluding carboxylic acids is 3. The number of hydrogen-bond donors (Lipinski definition) is 1. The van der Waals surface area contributed by atoms with Crippen LogP contribution < -0.4 is 5.32 Å². The monoisotopic (exact) mass is 253 g/mol. The third-order valence-corrected chi connectivity index (χ3v) is 4.06. The van der Waals surface area contributed by atoms with Crippen LogP contribution in [0.3, 0.4) is 0 Å². The van der Waals surface area contributed by atoms with Crippen LogP contribution in [-0.4, -0.2) is 53.8 Å². The van der Waals surface area contributed by atoms with Gasteiger partial charge in [0, 0.05) is 12.1 Å². The van der Waals surface area contributed by atoms with Crippen LogP contribution >= 0.6 is 0 Å². The molecule has 1 aliphatic heterocycles. The maximum Gasteiger partial charge on any atom is 0.330 e. The Kier molecular flexibility index (Phi) is 2.73. The number of carbonyl (C=O) groups is 3. The van der Waals surface area contributed by atoms with Crippen molar-refractivity contribution in [2.45, 2.75) is 32.2 Å². The zero-order valence-electron chi connectivity index (χ0n) is 11.2. The first-order valence-electron chi connectivity index (χ1n) is 6.05. The normalized spacial score (nSPS) is 22.7. The highest BCUT2D eigenvalue weighted by Crippen LogP contribution is 2.49. The number of amides is 4. The number of nitrogens with one attached hydrogen (secondary N) is 1. The first kappa shape index (κ1) is 13.0. The van der Waals surface area contributed by atoms with Gasteiger partial charge in [-0.1, -0.05) is 0 Å². The second kappa shape index (κ2) is 3.78. The highest BCUT2D eigenvalue weighted by atomic mass is 16.2. The zero-order valence-corrected chi connectivity index (χ0v) is 11.2. The Morgan fingerprint density at radius 3 is 2.28 bits per heavy atom. The Bertz CT molecular complexity index is 424. The van der Waals surface area contributed by atoms with E-state index in [2.05, 4.69) is 5.32 Å². The lowest BCUT2D eigenvalue weighted by Crippen LogP contribution is -2.63. The van der Waals surface area contributed by atoms with E-state index in [9.17, 15) is 14.4 Å². The van der Waals surface area contributed by atoms with E-state index < -0.39 is 17.4 Å². The van der Waals surface area contributed by atoms with Crippen molar-refractivity contribution in [3.63, 3.8) is 0 Å². The van der Waals surface area contributed by atoms with Crippen LogP contribution in [0.2, 0.25) is 0 Å². The molecule has 2 fully saturated rings. The molecule has 0 unspecified atom stereocenters. The molecule has 2 rings (SSSR count). The molecule has 1 N–H and O–H groups in total. The summed E-state index contributed by atoms with van der Waals surface area (Å²) in [5.74, 6) is -0.775. The van der Waals surface area contributed by atoms with Crippen LogP contribution in [-0.2, 0) is 9.59 Å². The average molecular weight is 253 g/mol. The van der Waals surface area contributed by atoms with E-state index in [0.717, 1.165) is 0 Å². The van der Waals surface area contributed by atoms with Crippen molar-refractivity contribution in [2.75, 3.05) is 20.6 Å². The number of imide groups is 2. The molecule has 1 aliphatic carbocycles. The van der Waals surface area contributed by atoms with Crippen molar-refractivity contribution in [3.05, 3.63) is 0 Å². The molecule has 2 aliphatic rings. The Morgan fingerprint density at radius 1 is 1.28 bits per heavy atom. The quantitative estimate of drug-likeness (QED) is 0.729. The summed E-state index contributed by atoms with van der Waals surface area (Å²) >= 11 is 0. The van der Waals surface area contributed by atoms with Crippen LogP contribution in [0.5, 0.6) is 0 Å². The highest BCUT2D eigenvalue weighted by molar-refractivity contribution is 6.20. The minimum Gasteiger partial charge on any atom is -0.302 e. The Morgan fingerprint density at radius 2 is 1.83 bits per heavy atom. The van der Waals surface area contributed by atoms with E-state index in [1.165, 1.54) is 4.90 Å². The minimum atomic E-state index is -0.948. The number of likely N-dealkylation sites (N-methyl/N-ethyl adjacent to an activating group) is 1. The summed E-state index contributed by atoms with van der Waals surface area (Å²) in [6.45, 7) is 4.17. The molecule has 0 atom stereocenters. The molecule has 0 bridgehead atoms. The van der Waals surface area contributed by atoms with Crippen molar-refractivity contribution in [2.24, 2.45) is 5.41 Å². The van der Waals surface area contributed by atoms with Crippen LogP contribution in [0.15, 0.2) is 0 Å². The van der Waals surface area contributed by atoms with Crippen LogP contribution in [0, 0.1) is 5.41 Å². The SMILES string of the molecule is CN(C)C(C)(C)CN1C(=O)NC(=O)C2(CC2)C1=O. The summed E-state index contributed by atoms with van der Waals surface area (Å²) in [7, 11) is 3.79. The molecule has 0 aromatic heterocycles. The lowest BCUT2D eigenvalue weighted by molar-refractivity contribution is -0.145. The second-order valence-electron chi connectivity index (χ2n) is 5.94. The summed E-state index contributed by atoms with van der Waals surface area (Å²) in [6.07, 6.45) is 1.09. The smallest absolute Gasteiger partial charge is 0.302 e. The first-order chi connectivity index (χ1) is 8.20. The molecule has 1 saturated heterocycles. The van der Waals surface area contributed by atoms with Crippen LogP contribution in [0.4, 0.5) is 4.79 Å². The molecule has 6 heteroatoms. The Balaban J connectivity index is 2.20. The van der Waals surface area contributed by atoms with Crippen molar-refractivity contribution in [1.29, 1.82) is 0 Å². The maximum absolute atomic E-state index is 12.3. The van der Waals surface area contributed by atoms with Gasteiger partial charge in [0.25, 0.3) is 0 Å². The third-order valence-electron chi connectivity index (χ3n) is 4.06. The van der Waals surface area contributed by atoms with Crippen molar-refractivity contribution in [3.8, 4) is 0 Å². The van der Waals surface area contributed by atoms with Gasteiger partial charge < -0.3 is 4.90 Å². The predicted molar refractivity (Wildman–Crippen MR) is 64.7 cm³/mol. The summed E-state index contributed by atoms with van der Waals surface area (Å²) in [6, 6.07) is -0.600. The predicted octanol–water partition coefficient (Wildman–Crippen LogP) is 0.185. The van der Waals surface area contributed by atoms with Gasteiger partial charge in [0.05, 0.1) is 0 Å². The number of nitrogens with zero attached hydrogens (tertiary/aromatic N) is 2. The van der Waals surface area contributed by atoms with Gasteiger partial charge >= 0.3 is 6.03 Å². The molecular formula is C12H19N3O3. The van der Waals surface area contributed by atoms with Gasteiger partial charge in [0.1, 0.15) is 5.41 Å². The third kappa shape index (κ3) is 1.80. The standard InChI is InChI=1S/C12H19N3O3/c1-11(2,14(3)4)7-15-9(17)12(5-6-12)8(16)13-10(15)18/h5-7H2,1-4H3,(H,13,16,18). The summed E-state index contributed by atoms with van der Waals surface area (Å²) in [4.78, 5) is 38.8. The number of rotatable bonds is 3. The van der Waals surface area contributed by atoms with E-state index in [0.29, 0.717) is 12.8 Å². The highest BCUT2D eigenvalue weighted by Gasteiger charge is 2.62. The van der Waals surface area contributed by atoms with E-state index >= 15 is 0 Å². The van der Waals surface area contributed by atoms with E-state index in [-0.39, 0.29) is 18.0 Å². The topological polar surface area (TPSA) is 69.7 Å². The van der Waals surface area contributed by atoms with Gasteiger partial charge in [0.2, 0.25) is 11.8 Å². The molecule has 18 heavy (non-hydrogen) atoms. The summed E-state index contributed by atoms with van der Waals surface area (Å²) in [5, 5.41) is 2.28. The Labute approximate surface area is 106 Å². The fourth-order valence-electron chi connectivity index (χ4n) is 1.97. The molecule has 0 radical (unpaired) electrons. The number of hydrogen-bond acceptors (Lipinski definition) is 4. The summed E-state index contributed by atoms with van der Waals surface area (Å²) < 4.78 is 0. The van der Waals surface area contributed by atoms with E-state index in [1.807, 2.05) is 32.8 Å². The van der Waals surface area contributed by atoms with Gasteiger partial charge in [-0.05, 0) is 40.8 Å². The molecular weight excluding hydrogens is 234 g/mol. The van der Waals surface area contributed by atoms with Crippen molar-refractivity contribution in [1.82, 2.24) is 15.1 Å². The first-order valence-corrected chi connectivity index (χ1v) is 6.05. The summed E-state index contributed by atoms with van der Waals surface area (Å²) in [5.41, 5.74) is -1.28. The lowest BCUT2D eigenvalue weighted by atomic mass is 9.98. The molecule has 6 nitrogen and oxygen atoms in total. The molecule has 0 aromatic rings. The van der Waals surface area contributed by atoms with Gasteiger partial charge in [-0.25, -0.2) is 4.79 Å². The van der Waals surface area contributed by atoms with Crippen molar-refractivity contribution >= 4 is 17.8 Å². The Hall–Kier alpha value is -1.43. The second-order valence-corrected chi connectivity index (χ2v) is 5.94. The average Bonchev–Trinajstić information content (AvgIpc) is 3.03. The van der Waals surface area contributed by atoms with Crippen LogP contribution in [0.1, 0.15) is 26.7 Å². The van der Waals surface area contributed by atoms with Gasteiger partial charge in [-0.2, -0.15) is 0 Å². The molecule has 4 amide bonds. The molecule has 1 spiro atoms. The van der Waals surface area contributed by atoms with Gasteiger partial charge in [-0.15, -0.1) is 0 Å². The lowest BCUT2D eigenvalue weighted by Gasteiger charge is -2.39. The van der Waals surface area contributed by atoms with Crippen LogP contribution in [0.25, 0.3) is 0 Å². The van der Waals surface area contributed by atoms with Gasteiger partial charge in [0.15, 0.2) is 0 Å². The molecule has 1 heterocycles. The minimum absolute atomic E-state index is 0.277. The largest absolute Gasteiger partial charge is 0.330 e. The fourth-order valence-corrected chi connectivity index (χ4v) is 1.97. The zero-order chi connectivity index (χ0) is 13.7. The molecule has 1 saturated carbocycles. The number of barbiturate groups is 1. The maximum atomic E-state index is 12.3. The number of urea groups is 1. The van der Waals surface area contributed by atoms with E-state index in [1.54, 1.807) is 0 Å². The molecule has 0 aromatic carbocycles. The molecule has 100 valence electrons. The fraction of sp³-hybridized carbons (Fsp3) is 0.750.